The van der Waals surface area contributed by atoms with Crippen LogP contribution in [0.1, 0.15) is 0 Å². The monoisotopic (exact) mass is 362 g/mol. The van der Waals surface area contributed by atoms with Gasteiger partial charge in [-0.15, -0.1) is 0 Å². The van der Waals surface area contributed by atoms with E-state index in [-0.39, 0.29) is 5.62 Å². The smallest absolute Gasteiger partial charge is 0.229 e. The molecule has 0 atom stereocenters. The summed E-state index contributed by atoms with van der Waals surface area (Å²) in [6, 6.07) is 16.1. The minimum atomic E-state index is 0.0369. The Morgan fingerprint density at radius 1 is 1.11 bits per heavy atom. The van der Waals surface area contributed by atoms with Gasteiger partial charge in [-0.1, -0.05) is 18.2 Å². The lowest BCUT2D eigenvalue weighted by atomic mass is 10.2. The van der Waals surface area contributed by atoms with E-state index in [0.717, 1.165) is 54.9 Å². The van der Waals surface area contributed by atoms with Gasteiger partial charge in [0.05, 0.1) is 25.1 Å². The van der Waals surface area contributed by atoms with E-state index in [2.05, 4.69) is 22.0 Å². The molecule has 1 aromatic heterocycles. The largest absolute Gasteiger partial charge is 0.378 e. The van der Waals surface area contributed by atoms with E-state index in [1.165, 1.54) is 4.57 Å². The third kappa shape index (κ3) is 3.17. The fourth-order valence-corrected chi connectivity index (χ4v) is 3.43. The van der Waals surface area contributed by atoms with E-state index < -0.39 is 0 Å². The first-order valence-electron chi connectivity index (χ1n) is 8.92. The number of hydrogen-bond acceptors (Lipinski definition) is 6. The van der Waals surface area contributed by atoms with Crippen molar-refractivity contribution in [3.8, 4) is 0 Å². The van der Waals surface area contributed by atoms with Gasteiger partial charge in [-0.2, -0.15) is 4.98 Å². The number of benzene rings is 2. The zero-order valence-electron chi connectivity index (χ0n) is 15.2. The highest BCUT2D eigenvalue weighted by Gasteiger charge is 2.15. The van der Waals surface area contributed by atoms with Crippen LogP contribution in [0.15, 0.2) is 48.5 Å². The Kier molecular flexibility index (Phi) is 4.60. The molecule has 138 valence electrons. The number of nitrogens with one attached hydrogen (secondary N) is 2. The fourth-order valence-electron chi connectivity index (χ4n) is 3.43. The molecule has 0 unspecified atom stereocenters. The standard InChI is InChI=1S/C20H22N6O/c1-24(15-5-4-6-16(13-15)25-9-11-27-12-10-25)19-17-7-2-3-8-18(17)26(14-21)20(22)23-19/h2-8,13-14,21-22H,9-12H2,1H3. The second-order valence-corrected chi connectivity index (χ2v) is 6.45. The van der Waals surface area contributed by atoms with E-state index in [0.29, 0.717) is 5.82 Å². The number of ether oxygens (including phenoxy) is 1. The molecule has 0 radical (unpaired) electrons. The molecule has 27 heavy (non-hydrogen) atoms. The van der Waals surface area contributed by atoms with Gasteiger partial charge in [-0.25, -0.2) is 0 Å². The molecule has 4 rings (SSSR count). The van der Waals surface area contributed by atoms with Crippen LogP contribution in [0.25, 0.3) is 10.9 Å². The zero-order valence-corrected chi connectivity index (χ0v) is 15.2. The van der Waals surface area contributed by atoms with Gasteiger partial charge in [0.15, 0.2) is 0 Å². The Morgan fingerprint density at radius 3 is 2.67 bits per heavy atom. The molecule has 2 heterocycles. The lowest BCUT2D eigenvalue weighted by Crippen LogP contribution is -2.36. The van der Waals surface area contributed by atoms with Gasteiger partial charge in [-0.3, -0.25) is 15.4 Å². The minimum absolute atomic E-state index is 0.0369. The predicted octanol–water partition coefficient (Wildman–Crippen LogP) is 2.58. The SMILES string of the molecule is CN(c1cccc(N2CCOCC2)c1)c1nc(=N)n(C=N)c2ccccc12. The maximum Gasteiger partial charge on any atom is 0.229 e. The number of anilines is 3. The van der Waals surface area contributed by atoms with Crippen LogP contribution >= 0.6 is 0 Å². The second-order valence-electron chi connectivity index (χ2n) is 6.45. The Balaban J connectivity index is 1.78. The molecule has 2 N–H and O–H groups in total. The van der Waals surface area contributed by atoms with Crippen LogP contribution in [-0.4, -0.2) is 49.2 Å². The average molecular weight is 362 g/mol. The van der Waals surface area contributed by atoms with Gasteiger partial charge >= 0.3 is 0 Å². The third-order valence-corrected chi connectivity index (χ3v) is 4.88. The lowest BCUT2D eigenvalue weighted by Gasteiger charge is -2.30. The number of rotatable bonds is 4. The van der Waals surface area contributed by atoms with Crippen molar-refractivity contribution in [3.05, 3.63) is 54.1 Å². The first-order chi connectivity index (χ1) is 13.2. The first-order valence-corrected chi connectivity index (χ1v) is 8.92. The molecule has 1 aliphatic heterocycles. The topological polar surface area (TPSA) is 81.2 Å². The van der Waals surface area contributed by atoms with Crippen molar-refractivity contribution in [2.75, 3.05) is 43.2 Å². The van der Waals surface area contributed by atoms with E-state index in [1.54, 1.807) is 0 Å². The van der Waals surface area contributed by atoms with Crippen LogP contribution in [0.2, 0.25) is 0 Å². The molecule has 1 saturated heterocycles. The van der Waals surface area contributed by atoms with Gasteiger partial charge in [0.25, 0.3) is 0 Å². The molecule has 0 saturated carbocycles. The molecule has 7 heteroatoms. The number of nitrogens with zero attached hydrogens (tertiary/aromatic N) is 4. The maximum absolute atomic E-state index is 8.20. The van der Waals surface area contributed by atoms with Gasteiger partial charge < -0.3 is 14.5 Å². The molecular formula is C20H22N6O. The summed E-state index contributed by atoms with van der Waals surface area (Å²) in [4.78, 5) is 8.78. The summed E-state index contributed by atoms with van der Waals surface area (Å²) in [5, 5.41) is 16.7. The summed E-state index contributed by atoms with van der Waals surface area (Å²) in [6.45, 7) is 3.26. The Bertz CT molecular complexity index is 1040. The molecule has 0 amide bonds. The third-order valence-electron chi connectivity index (χ3n) is 4.88. The van der Waals surface area contributed by atoms with Gasteiger partial charge in [0.1, 0.15) is 5.82 Å². The minimum Gasteiger partial charge on any atom is -0.378 e. The van der Waals surface area contributed by atoms with Crippen LogP contribution in [0.5, 0.6) is 0 Å². The number of fused-ring (bicyclic) bond motifs is 1. The van der Waals surface area contributed by atoms with E-state index >= 15 is 0 Å². The van der Waals surface area contributed by atoms with Gasteiger partial charge in [0, 0.05) is 36.9 Å². The number of morpholine rings is 1. The summed E-state index contributed by atoms with van der Waals surface area (Å²) in [5.74, 6) is 0.702. The Labute approximate surface area is 157 Å². The fraction of sp³-hybridized carbons (Fsp3) is 0.250. The Morgan fingerprint density at radius 2 is 1.89 bits per heavy atom. The highest BCUT2D eigenvalue weighted by molar-refractivity contribution is 5.94. The highest BCUT2D eigenvalue weighted by Crippen LogP contribution is 2.30. The van der Waals surface area contributed by atoms with Crippen molar-refractivity contribution in [2.45, 2.75) is 0 Å². The molecular weight excluding hydrogens is 340 g/mol. The van der Waals surface area contributed by atoms with Crippen molar-refractivity contribution in [1.29, 1.82) is 10.8 Å². The van der Waals surface area contributed by atoms with Crippen LogP contribution in [-0.2, 0) is 4.74 Å². The molecule has 1 fully saturated rings. The van der Waals surface area contributed by atoms with Crippen LogP contribution in [0.3, 0.4) is 0 Å². The molecule has 1 aliphatic rings. The number of para-hydroxylation sites is 1. The van der Waals surface area contributed by atoms with E-state index in [1.807, 2.05) is 48.3 Å². The number of aromatic nitrogens is 2. The summed E-state index contributed by atoms with van der Waals surface area (Å²) < 4.78 is 6.92. The van der Waals surface area contributed by atoms with E-state index in [9.17, 15) is 0 Å². The summed E-state index contributed by atoms with van der Waals surface area (Å²) in [6.07, 6.45) is 1.13. The van der Waals surface area contributed by atoms with Crippen molar-refractivity contribution in [2.24, 2.45) is 0 Å². The zero-order chi connectivity index (χ0) is 18.8. The van der Waals surface area contributed by atoms with Crippen molar-refractivity contribution >= 4 is 34.4 Å². The quantitative estimate of drug-likeness (QED) is 0.552. The predicted molar refractivity (Wildman–Crippen MR) is 107 cm³/mol. The highest BCUT2D eigenvalue weighted by atomic mass is 16.5. The lowest BCUT2D eigenvalue weighted by molar-refractivity contribution is 0.122. The molecule has 7 nitrogen and oxygen atoms in total. The van der Waals surface area contributed by atoms with Crippen molar-refractivity contribution in [1.82, 2.24) is 9.55 Å². The second kappa shape index (κ2) is 7.20. The molecule has 0 aliphatic carbocycles. The summed E-state index contributed by atoms with van der Waals surface area (Å²) in [7, 11) is 1.96. The van der Waals surface area contributed by atoms with Crippen molar-refractivity contribution < 1.29 is 4.74 Å². The molecule has 0 bridgehead atoms. The summed E-state index contributed by atoms with van der Waals surface area (Å²) >= 11 is 0. The van der Waals surface area contributed by atoms with Gasteiger partial charge in [-0.05, 0) is 30.3 Å². The Hall–Kier alpha value is -3.19. The van der Waals surface area contributed by atoms with Crippen molar-refractivity contribution in [3.63, 3.8) is 0 Å². The normalized spacial score (nSPS) is 14.3. The maximum atomic E-state index is 8.20. The average Bonchev–Trinajstić information content (AvgIpc) is 2.73. The van der Waals surface area contributed by atoms with Crippen LogP contribution in [0.4, 0.5) is 17.2 Å². The number of hydrogen-bond donors (Lipinski definition) is 2. The molecule has 3 aromatic rings. The van der Waals surface area contributed by atoms with E-state index in [4.69, 9.17) is 15.6 Å². The van der Waals surface area contributed by atoms with Crippen LogP contribution in [0, 0.1) is 10.8 Å². The van der Waals surface area contributed by atoms with Crippen LogP contribution < -0.4 is 15.4 Å². The molecule has 2 aromatic carbocycles. The summed E-state index contributed by atoms with van der Waals surface area (Å²) in [5.41, 5.74) is 2.99. The van der Waals surface area contributed by atoms with Gasteiger partial charge in [0.2, 0.25) is 5.62 Å². The molecule has 0 spiro atoms. The first kappa shape index (κ1) is 17.2.